The summed E-state index contributed by atoms with van der Waals surface area (Å²) in [5.41, 5.74) is 1.73. The zero-order valence-corrected chi connectivity index (χ0v) is 12.8. The zero-order chi connectivity index (χ0) is 14.7. The molecule has 1 amide bonds. The minimum absolute atomic E-state index is 0.0407. The van der Waals surface area contributed by atoms with Crippen molar-refractivity contribution in [2.45, 2.75) is 26.4 Å². The maximum Gasteiger partial charge on any atom is 0.307 e. The van der Waals surface area contributed by atoms with Crippen LogP contribution in [0.5, 0.6) is 0 Å². The van der Waals surface area contributed by atoms with Gasteiger partial charge >= 0.3 is 4.87 Å². The van der Waals surface area contributed by atoms with Crippen molar-refractivity contribution in [3.8, 4) is 0 Å². The van der Waals surface area contributed by atoms with Crippen molar-refractivity contribution in [2.75, 3.05) is 0 Å². The highest BCUT2D eigenvalue weighted by Crippen LogP contribution is 2.17. The van der Waals surface area contributed by atoms with Gasteiger partial charge in [-0.25, -0.2) is 0 Å². The first-order chi connectivity index (χ1) is 9.47. The van der Waals surface area contributed by atoms with Crippen LogP contribution in [0, 0.1) is 6.92 Å². The number of carbonyl (C=O) groups excluding carboxylic acids is 1. The van der Waals surface area contributed by atoms with Crippen LogP contribution < -0.4 is 10.2 Å². The van der Waals surface area contributed by atoms with Gasteiger partial charge < -0.3 is 5.32 Å². The first kappa shape index (κ1) is 14.8. The van der Waals surface area contributed by atoms with Crippen molar-refractivity contribution in [2.24, 2.45) is 0 Å². The molecule has 1 aromatic heterocycles. The summed E-state index contributed by atoms with van der Waals surface area (Å²) < 4.78 is 1.46. The van der Waals surface area contributed by atoms with Crippen molar-refractivity contribution < 1.29 is 4.79 Å². The van der Waals surface area contributed by atoms with Crippen LogP contribution in [-0.4, -0.2) is 10.5 Å². The van der Waals surface area contributed by atoms with E-state index in [1.807, 2.05) is 32.0 Å². The van der Waals surface area contributed by atoms with Crippen LogP contribution in [0.25, 0.3) is 0 Å². The Balaban J connectivity index is 2.03. The molecule has 2 rings (SSSR count). The summed E-state index contributed by atoms with van der Waals surface area (Å²) in [6.07, 6.45) is 0. The van der Waals surface area contributed by atoms with Gasteiger partial charge in [-0.1, -0.05) is 35.1 Å². The summed E-state index contributed by atoms with van der Waals surface area (Å²) in [5.74, 6) is -0.193. The van der Waals surface area contributed by atoms with Crippen molar-refractivity contribution in [3.63, 3.8) is 0 Å². The highest BCUT2D eigenvalue weighted by molar-refractivity contribution is 7.07. The largest absolute Gasteiger partial charge is 0.348 e. The number of aryl methyl sites for hydroxylation is 1. The Bertz CT molecular complexity index is 678. The summed E-state index contributed by atoms with van der Waals surface area (Å²) in [5, 5.41) is 5.24. The quantitative estimate of drug-likeness (QED) is 0.944. The van der Waals surface area contributed by atoms with Crippen molar-refractivity contribution >= 4 is 28.8 Å². The maximum absolute atomic E-state index is 12.0. The van der Waals surface area contributed by atoms with Crippen LogP contribution >= 0.6 is 22.9 Å². The molecule has 0 aliphatic heterocycles. The van der Waals surface area contributed by atoms with Crippen LogP contribution in [0.2, 0.25) is 5.02 Å². The average molecular weight is 311 g/mol. The average Bonchev–Trinajstić information content (AvgIpc) is 2.70. The molecule has 1 atom stereocenters. The van der Waals surface area contributed by atoms with E-state index in [1.165, 1.54) is 4.57 Å². The Hall–Kier alpha value is -1.59. The van der Waals surface area contributed by atoms with Gasteiger partial charge in [0.2, 0.25) is 5.91 Å². The molecule has 0 saturated heterocycles. The van der Waals surface area contributed by atoms with Gasteiger partial charge in [0, 0.05) is 16.1 Å². The monoisotopic (exact) mass is 310 g/mol. The lowest BCUT2D eigenvalue weighted by molar-refractivity contribution is -0.122. The molecule has 4 nitrogen and oxygen atoms in total. The first-order valence-electron chi connectivity index (χ1n) is 6.17. The van der Waals surface area contributed by atoms with Gasteiger partial charge in [-0.3, -0.25) is 14.2 Å². The molecule has 0 saturated carbocycles. The summed E-state index contributed by atoms with van der Waals surface area (Å²) in [4.78, 5) is 23.4. The molecule has 0 aliphatic rings. The molecule has 1 N–H and O–H groups in total. The smallest absolute Gasteiger partial charge is 0.307 e. The SMILES string of the molecule is Cc1csc(=O)n1CC(=O)N[C@@H](C)c1cccc(Cl)c1. The second kappa shape index (κ2) is 6.24. The van der Waals surface area contributed by atoms with Gasteiger partial charge in [-0.05, 0) is 31.5 Å². The molecule has 1 heterocycles. The van der Waals surface area contributed by atoms with Gasteiger partial charge in [-0.15, -0.1) is 0 Å². The predicted octanol–water partition coefficient (Wildman–Crippen LogP) is 2.75. The maximum atomic E-state index is 12.0. The number of amides is 1. The molecule has 2 aromatic rings. The second-order valence-electron chi connectivity index (χ2n) is 4.57. The molecule has 0 bridgehead atoms. The van der Waals surface area contributed by atoms with Gasteiger partial charge in [0.05, 0.1) is 6.04 Å². The first-order valence-corrected chi connectivity index (χ1v) is 7.43. The van der Waals surface area contributed by atoms with Crippen molar-refractivity contribution in [3.05, 3.63) is 55.6 Å². The molecule has 0 fully saturated rings. The Kier molecular flexibility index (Phi) is 4.62. The predicted molar refractivity (Wildman–Crippen MR) is 81.3 cm³/mol. The summed E-state index contributed by atoms with van der Waals surface area (Å²) in [6.45, 7) is 3.73. The molecule has 0 unspecified atom stereocenters. The Morgan fingerprint density at radius 1 is 1.50 bits per heavy atom. The number of thiazole rings is 1. The Morgan fingerprint density at radius 2 is 2.25 bits per heavy atom. The van der Waals surface area contributed by atoms with E-state index in [9.17, 15) is 9.59 Å². The van der Waals surface area contributed by atoms with Crippen molar-refractivity contribution in [1.29, 1.82) is 0 Å². The van der Waals surface area contributed by atoms with E-state index in [-0.39, 0.29) is 23.4 Å². The fraction of sp³-hybridized carbons (Fsp3) is 0.286. The third kappa shape index (κ3) is 3.49. The summed E-state index contributed by atoms with van der Waals surface area (Å²) >= 11 is 7.03. The van der Waals surface area contributed by atoms with Crippen LogP contribution in [0.15, 0.2) is 34.4 Å². The number of benzene rings is 1. The van der Waals surface area contributed by atoms with Crippen LogP contribution in [0.4, 0.5) is 0 Å². The molecular formula is C14H15ClN2O2S. The normalized spacial score (nSPS) is 12.2. The second-order valence-corrected chi connectivity index (χ2v) is 5.83. The van der Waals surface area contributed by atoms with E-state index in [1.54, 1.807) is 11.4 Å². The molecule has 0 spiro atoms. The van der Waals surface area contributed by atoms with Gasteiger partial charge in [0.25, 0.3) is 0 Å². The zero-order valence-electron chi connectivity index (χ0n) is 11.2. The van der Waals surface area contributed by atoms with E-state index in [2.05, 4.69) is 5.32 Å². The molecule has 1 aromatic carbocycles. The fourth-order valence-electron chi connectivity index (χ4n) is 1.89. The fourth-order valence-corrected chi connectivity index (χ4v) is 2.82. The standard InChI is InChI=1S/C14H15ClN2O2S/c1-9-8-20-14(19)17(9)7-13(18)16-10(2)11-4-3-5-12(15)6-11/h3-6,8,10H,7H2,1-2H3,(H,16,18)/t10-/m0/s1. The number of nitrogens with zero attached hydrogens (tertiary/aromatic N) is 1. The van der Waals surface area contributed by atoms with Gasteiger partial charge in [-0.2, -0.15) is 0 Å². The van der Waals surface area contributed by atoms with E-state index >= 15 is 0 Å². The highest BCUT2D eigenvalue weighted by atomic mass is 35.5. The summed E-state index contributed by atoms with van der Waals surface area (Å²) in [7, 11) is 0. The summed E-state index contributed by atoms with van der Waals surface area (Å²) in [6, 6.07) is 7.19. The lowest BCUT2D eigenvalue weighted by Gasteiger charge is -2.15. The Labute approximate surface area is 126 Å². The minimum atomic E-state index is -0.193. The number of hydrogen-bond acceptors (Lipinski definition) is 3. The lowest BCUT2D eigenvalue weighted by atomic mass is 10.1. The third-order valence-electron chi connectivity index (χ3n) is 3.00. The lowest BCUT2D eigenvalue weighted by Crippen LogP contribution is -2.32. The molecule has 20 heavy (non-hydrogen) atoms. The number of aromatic nitrogens is 1. The highest BCUT2D eigenvalue weighted by Gasteiger charge is 2.12. The molecule has 0 aliphatic carbocycles. The van der Waals surface area contributed by atoms with E-state index in [0.717, 1.165) is 22.6 Å². The van der Waals surface area contributed by atoms with Crippen molar-refractivity contribution in [1.82, 2.24) is 9.88 Å². The van der Waals surface area contributed by atoms with Gasteiger partial charge in [0.1, 0.15) is 6.54 Å². The number of hydrogen-bond donors (Lipinski definition) is 1. The number of rotatable bonds is 4. The van der Waals surface area contributed by atoms with Gasteiger partial charge in [0.15, 0.2) is 0 Å². The van der Waals surface area contributed by atoms with Crippen LogP contribution in [0.3, 0.4) is 0 Å². The molecule has 106 valence electrons. The van der Waals surface area contributed by atoms with Crippen LogP contribution in [-0.2, 0) is 11.3 Å². The van der Waals surface area contributed by atoms with Crippen LogP contribution in [0.1, 0.15) is 24.2 Å². The number of nitrogens with one attached hydrogen (secondary N) is 1. The Morgan fingerprint density at radius 3 is 2.85 bits per heavy atom. The third-order valence-corrected chi connectivity index (χ3v) is 4.12. The minimum Gasteiger partial charge on any atom is -0.348 e. The van der Waals surface area contributed by atoms with E-state index in [4.69, 9.17) is 11.6 Å². The topological polar surface area (TPSA) is 51.1 Å². The number of carbonyl (C=O) groups is 1. The molecule has 0 radical (unpaired) electrons. The molecule has 6 heteroatoms. The van der Waals surface area contributed by atoms with E-state index in [0.29, 0.717) is 5.02 Å². The number of halogens is 1. The molecular weight excluding hydrogens is 296 g/mol. The van der Waals surface area contributed by atoms with E-state index < -0.39 is 0 Å².